The molecular formula is C22H28N4O3. The molecule has 0 spiro atoms. The molecule has 2 aromatic rings. The Morgan fingerprint density at radius 3 is 2.79 bits per heavy atom. The highest BCUT2D eigenvalue weighted by molar-refractivity contribution is 5.81. The fraction of sp³-hybridized carbons (Fsp3) is 0.500. The third-order valence-corrected chi connectivity index (χ3v) is 5.51. The van der Waals surface area contributed by atoms with Gasteiger partial charge in [0.2, 0.25) is 5.95 Å². The van der Waals surface area contributed by atoms with E-state index in [9.17, 15) is 4.79 Å². The summed E-state index contributed by atoms with van der Waals surface area (Å²) in [5.74, 6) is 1.42. The maximum Gasteiger partial charge on any atom is 0.260 e. The number of benzene rings is 1. The van der Waals surface area contributed by atoms with Crippen LogP contribution >= 0.6 is 0 Å². The van der Waals surface area contributed by atoms with Gasteiger partial charge in [-0.05, 0) is 38.8 Å². The second-order valence-corrected chi connectivity index (χ2v) is 7.79. The van der Waals surface area contributed by atoms with Crippen molar-refractivity contribution in [2.45, 2.75) is 51.9 Å². The molecule has 0 unspecified atom stereocenters. The molecule has 1 saturated heterocycles. The summed E-state index contributed by atoms with van der Waals surface area (Å²) in [6.45, 7) is 6.79. The molecule has 3 heterocycles. The third kappa shape index (κ3) is 4.85. The first-order valence-corrected chi connectivity index (χ1v) is 10.3. The van der Waals surface area contributed by atoms with Crippen molar-refractivity contribution in [2.75, 3.05) is 24.6 Å². The van der Waals surface area contributed by atoms with Crippen LogP contribution in [0.25, 0.3) is 0 Å². The van der Waals surface area contributed by atoms with Gasteiger partial charge >= 0.3 is 0 Å². The van der Waals surface area contributed by atoms with Crippen LogP contribution in [0, 0.1) is 6.92 Å². The van der Waals surface area contributed by atoms with Crippen LogP contribution < -0.4 is 15.0 Å². The molecule has 7 heteroatoms. The number of nitrogens with one attached hydrogen (secondary N) is 1. The molecule has 7 nitrogen and oxygen atoms in total. The molecule has 1 aromatic heterocycles. The van der Waals surface area contributed by atoms with E-state index in [1.165, 1.54) is 0 Å². The van der Waals surface area contributed by atoms with E-state index >= 15 is 0 Å². The van der Waals surface area contributed by atoms with Gasteiger partial charge in [-0.1, -0.05) is 17.7 Å². The molecule has 1 amide bonds. The van der Waals surface area contributed by atoms with Gasteiger partial charge in [0.25, 0.3) is 5.91 Å². The molecule has 1 N–H and O–H groups in total. The van der Waals surface area contributed by atoms with Crippen LogP contribution in [-0.2, 0) is 22.6 Å². The summed E-state index contributed by atoms with van der Waals surface area (Å²) in [6, 6.07) is 7.88. The first-order chi connectivity index (χ1) is 14.1. The van der Waals surface area contributed by atoms with Gasteiger partial charge in [0.1, 0.15) is 5.75 Å². The first-order valence-electron chi connectivity index (χ1n) is 10.3. The van der Waals surface area contributed by atoms with Crippen molar-refractivity contribution in [2.24, 2.45) is 0 Å². The summed E-state index contributed by atoms with van der Waals surface area (Å²) in [5.41, 5.74) is 3.35. The highest BCUT2D eigenvalue weighted by Crippen LogP contribution is 2.20. The molecule has 4 rings (SSSR count). The number of ether oxygens (including phenoxy) is 2. The van der Waals surface area contributed by atoms with Crippen LogP contribution in [-0.4, -0.2) is 47.7 Å². The van der Waals surface area contributed by atoms with E-state index in [0.717, 1.165) is 61.7 Å². The van der Waals surface area contributed by atoms with Gasteiger partial charge in [-0.2, -0.15) is 0 Å². The lowest BCUT2D eigenvalue weighted by Gasteiger charge is -2.33. The van der Waals surface area contributed by atoms with E-state index in [1.54, 1.807) is 6.92 Å². The Labute approximate surface area is 171 Å². The standard InChI is InChI=1S/C22H28N4O3/c1-15-3-5-19(6-4-15)29-16(2)21(27)24-18-7-10-26(11-8-18)22-23-13-17-14-28-12-9-20(17)25-22/h3-6,13,16,18H,7-12,14H2,1-2H3,(H,24,27)/t16-/m0/s1. The molecular weight excluding hydrogens is 368 g/mol. The fourth-order valence-corrected chi connectivity index (χ4v) is 3.69. The van der Waals surface area contributed by atoms with E-state index in [-0.39, 0.29) is 11.9 Å². The number of fused-ring (bicyclic) bond motifs is 1. The van der Waals surface area contributed by atoms with Crippen LogP contribution in [0.15, 0.2) is 30.5 Å². The topological polar surface area (TPSA) is 76.6 Å². The minimum absolute atomic E-state index is 0.0749. The zero-order chi connectivity index (χ0) is 20.2. The summed E-state index contributed by atoms with van der Waals surface area (Å²) in [6.07, 6.45) is 3.94. The first kappa shape index (κ1) is 19.6. The Balaban J connectivity index is 1.27. The molecule has 0 bridgehead atoms. The number of hydrogen-bond acceptors (Lipinski definition) is 6. The van der Waals surface area contributed by atoms with Crippen LogP contribution in [0.5, 0.6) is 5.75 Å². The number of hydrogen-bond donors (Lipinski definition) is 1. The largest absolute Gasteiger partial charge is 0.481 e. The van der Waals surface area contributed by atoms with Crippen molar-refractivity contribution < 1.29 is 14.3 Å². The second kappa shape index (κ2) is 8.78. The van der Waals surface area contributed by atoms with Gasteiger partial charge in [-0.15, -0.1) is 0 Å². The summed E-state index contributed by atoms with van der Waals surface area (Å²) < 4.78 is 11.2. The van der Waals surface area contributed by atoms with Crippen LogP contribution in [0.1, 0.15) is 36.6 Å². The smallest absolute Gasteiger partial charge is 0.260 e. The van der Waals surface area contributed by atoms with Crippen molar-refractivity contribution in [3.05, 3.63) is 47.3 Å². The van der Waals surface area contributed by atoms with Crippen LogP contribution in [0.3, 0.4) is 0 Å². The van der Waals surface area contributed by atoms with E-state index in [0.29, 0.717) is 12.4 Å². The normalized spacial score (nSPS) is 18.1. The molecule has 0 saturated carbocycles. The summed E-state index contributed by atoms with van der Waals surface area (Å²) in [5, 5.41) is 3.12. The lowest BCUT2D eigenvalue weighted by molar-refractivity contribution is -0.128. The average molecular weight is 396 g/mol. The Bertz CT molecular complexity index is 848. The molecule has 1 fully saturated rings. The van der Waals surface area contributed by atoms with Crippen LogP contribution in [0.2, 0.25) is 0 Å². The second-order valence-electron chi connectivity index (χ2n) is 7.79. The summed E-state index contributed by atoms with van der Waals surface area (Å²) in [4.78, 5) is 23.9. The lowest BCUT2D eigenvalue weighted by Crippen LogP contribution is -2.48. The predicted octanol–water partition coefficient (Wildman–Crippen LogP) is 2.41. The number of aryl methyl sites for hydroxylation is 1. The van der Waals surface area contributed by atoms with Gasteiger partial charge in [0.15, 0.2) is 6.10 Å². The van der Waals surface area contributed by atoms with Crippen molar-refractivity contribution in [3.63, 3.8) is 0 Å². The minimum Gasteiger partial charge on any atom is -0.481 e. The Morgan fingerprint density at radius 1 is 1.28 bits per heavy atom. The molecule has 1 atom stereocenters. The zero-order valence-corrected chi connectivity index (χ0v) is 17.1. The summed E-state index contributed by atoms with van der Waals surface area (Å²) >= 11 is 0. The quantitative estimate of drug-likeness (QED) is 0.836. The monoisotopic (exact) mass is 396 g/mol. The number of carbonyl (C=O) groups is 1. The minimum atomic E-state index is -0.526. The van der Waals surface area contributed by atoms with Gasteiger partial charge in [0, 0.05) is 37.3 Å². The van der Waals surface area contributed by atoms with Crippen molar-refractivity contribution in [1.29, 1.82) is 0 Å². The Kier molecular flexibility index (Phi) is 5.94. The number of aromatic nitrogens is 2. The van der Waals surface area contributed by atoms with E-state index in [4.69, 9.17) is 14.5 Å². The van der Waals surface area contributed by atoms with Gasteiger partial charge < -0.3 is 19.7 Å². The Morgan fingerprint density at radius 2 is 2.03 bits per heavy atom. The van der Waals surface area contributed by atoms with Crippen molar-refractivity contribution >= 4 is 11.9 Å². The third-order valence-electron chi connectivity index (χ3n) is 5.51. The van der Waals surface area contributed by atoms with E-state index < -0.39 is 6.10 Å². The maximum atomic E-state index is 12.5. The van der Waals surface area contributed by atoms with Crippen molar-refractivity contribution in [3.8, 4) is 5.75 Å². The predicted molar refractivity (Wildman–Crippen MR) is 110 cm³/mol. The average Bonchev–Trinajstić information content (AvgIpc) is 2.75. The fourth-order valence-electron chi connectivity index (χ4n) is 3.69. The Hall–Kier alpha value is -2.67. The molecule has 29 heavy (non-hydrogen) atoms. The number of carbonyl (C=O) groups excluding carboxylic acids is 1. The van der Waals surface area contributed by atoms with E-state index in [2.05, 4.69) is 15.2 Å². The molecule has 0 radical (unpaired) electrons. The van der Waals surface area contributed by atoms with Gasteiger partial charge in [-0.25, -0.2) is 9.97 Å². The SMILES string of the molecule is Cc1ccc(O[C@@H](C)C(=O)NC2CCN(c3ncc4c(n3)CCOC4)CC2)cc1. The number of anilines is 1. The van der Waals surface area contributed by atoms with Gasteiger partial charge in [-0.3, -0.25) is 4.79 Å². The number of amides is 1. The number of rotatable bonds is 5. The van der Waals surface area contributed by atoms with E-state index in [1.807, 2.05) is 37.4 Å². The summed E-state index contributed by atoms with van der Waals surface area (Å²) in [7, 11) is 0. The lowest BCUT2D eigenvalue weighted by atomic mass is 10.0. The molecule has 1 aromatic carbocycles. The molecule has 154 valence electrons. The molecule has 0 aliphatic carbocycles. The zero-order valence-electron chi connectivity index (χ0n) is 17.1. The number of piperidine rings is 1. The van der Waals surface area contributed by atoms with Crippen LogP contribution in [0.4, 0.5) is 5.95 Å². The molecule has 2 aliphatic rings. The van der Waals surface area contributed by atoms with Crippen molar-refractivity contribution in [1.82, 2.24) is 15.3 Å². The maximum absolute atomic E-state index is 12.5. The number of nitrogens with zero attached hydrogens (tertiary/aromatic N) is 3. The highest BCUT2D eigenvalue weighted by Gasteiger charge is 2.25. The highest BCUT2D eigenvalue weighted by atomic mass is 16.5. The molecule has 2 aliphatic heterocycles. The van der Waals surface area contributed by atoms with Gasteiger partial charge in [0.05, 0.1) is 18.9 Å².